The highest BCUT2D eigenvalue weighted by atomic mass is 19.1. The molecular weight excluding hydrogens is 229 g/mol. The molecule has 1 saturated carbocycles. The minimum atomic E-state index is -0.242. The molecular formula is C15H22FNO. The zero-order valence-electron chi connectivity index (χ0n) is 11.0. The molecule has 0 aromatic heterocycles. The number of methoxy groups -OCH3 is 1. The molecule has 100 valence electrons. The quantitative estimate of drug-likeness (QED) is 0.781. The van der Waals surface area contributed by atoms with E-state index in [0.29, 0.717) is 17.9 Å². The maximum absolute atomic E-state index is 13.8. The fraction of sp³-hybridized carbons (Fsp3) is 0.600. The molecule has 1 fully saturated rings. The lowest BCUT2D eigenvalue weighted by atomic mass is 10.0. The summed E-state index contributed by atoms with van der Waals surface area (Å²) in [6.07, 6.45) is 6.72. The van der Waals surface area contributed by atoms with Gasteiger partial charge in [0.05, 0.1) is 7.11 Å². The molecule has 1 aromatic carbocycles. The average molecular weight is 251 g/mol. The van der Waals surface area contributed by atoms with Crippen LogP contribution in [0.3, 0.4) is 0 Å². The molecule has 0 aliphatic heterocycles. The third kappa shape index (κ3) is 3.45. The van der Waals surface area contributed by atoms with E-state index in [2.05, 4.69) is 5.32 Å². The number of benzene rings is 1. The molecule has 0 spiro atoms. The van der Waals surface area contributed by atoms with Gasteiger partial charge in [-0.3, -0.25) is 0 Å². The van der Waals surface area contributed by atoms with Crippen LogP contribution in [0.25, 0.3) is 0 Å². The normalized spacial score (nSPS) is 16.1. The lowest BCUT2D eigenvalue weighted by Gasteiger charge is -2.11. The van der Waals surface area contributed by atoms with E-state index >= 15 is 0 Å². The Labute approximate surface area is 109 Å². The number of ether oxygens (including phenoxy) is 1. The third-order valence-electron chi connectivity index (χ3n) is 3.78. The Morgan fingerprint density at radius 2 is 2.11 bits per heavy atom. The fourth-order valence-corrected chi connectivity index (χ4v) is 2.68. The summed E-state index contributed by atoms with van der Waals surface area (Å²) < 4.78 is 18.8. The third-order valence-corrected chi connectivity index (χ3v) is 3.78. The summed E-state index contributed by atoms with van der Waals surface area (Å²) in [6, 6.07) is 5.29. The summed E-state index contributed by atoms with van der Waals surface area (Å²) in [5, 5.41) is 3.33. The number of hydrogen-bond donors (Lipinski definition) is 1. The van der Waals surface area contributed by atoms with Gasteiger partial charge in [-0.1, -0.05) is 37.8 Å². The Morgan fingerprint density at radius 3 is 2.83 bits per heavy atom. The van der Waals surface area contributed by atoms with Crippen LogP contribution in [0, 0.1) is 11.7 Å². The molecule has 0 atom stereocenters. The Hall–Kier alpha value is -1.09. The van der Waals surface area contributed by atoms with Gasteiger partial charge in [-0.25, -0.2) is 4.39 Å². The maximum atomic E-state index is 13.8. The smallest absolute Gasteiger partial charge is 0.169 e. The van der Waals surface area contributed by atoms with Crippen molar-refractivity contribution in [2.75, 3.05) is 13.7 Å². The molecule has 2 nitrogen and oxygen atoms in total. The first kappa shape index (κ1) is 13.3. The molecule has 3 heteroatoms. The molecule has 1 aliphatic rings. The van der Waals surface area contributed by atoms with Gasteiger partial charge in [0.15, 0.2) is 11.6 Å². The van der Waals surface area contributed by atoms with E-state index in [1.807, 2.05) is 6.07 Å². The van der Waals surface area contributed by atoms with Gasteiger partial charge in [-0.15, -0.1) is 0 Å². The standard InChI is InChI=1S/C15H22FNO/c1-18-14-8-4-7-13(15(14)16)11-17-10-9-12-5-2-3-6-12/h4,7-8,12,17H,2-3,5-6,9-11H2,1H3. The second-order valence-electron chi connectivity index (χ2n) is 5.05. The highest BCUT2D eigenvalue weighted by molar-refractivity contribution is 5.30. The van der Waals surface area contributed by atoms with Crippen LogP contribution >= 0.6 is 0 Å². The Bertz CT molecular complexity index is 375. The fourth-order valence-electron chi connectivity index (χ4n) is 2.68. The van der Waals surface area contributed by atoms with Crippen LogP contribution in [0.1, 0.15) is 37.7 Å². The van der Waals surface area contributed by atoms with Gasteiger partial charge >= 0.3 is 0 Å². The molecule has 1 N–H and O–H groups in total. The van der Waals surface area contributed by atoms with E-state index in [9.17, 15) is 4.39 Å². The van der Waals surface area contributed by atoms with Gasteiger partial charge < -0.3 is 10.1 Å². The minimum absolute atomic E-state index is 0.242. The summed E-state index contributed by atoms with van der Waals surface area (Å²) in [7, 11) is 1.50. The van der Waals surface area contributed by atoms with Crippen molar-refractivity contribution in [3.05, 3.63) is 29.6 Å². The van der Waals surface area contributed by atoms with Crippen molar-refractivity contribution in [1.29, 1.82) is 0 Å². The average Bonchev–Trinajstić information content (AvgIpc) is 2.89. The first-order valence-electron chi connectivity index (χ1n) is 6.83. The summed E-state index contributed by atoms with van der Waals surface area (Å²) in [6.45, 7) is 1.55. The lowest BCUT2D eigenvalue weighted by Crippen LogP contribution is -2.17. The molecule has 0 unspecified atom stereocenters. The first-order valence-corrected chi connectivity index (χ1v) is 6.83. The molecule has 0 radical (unpaired) electrons. The largest absolute Gasteiger partial charge is 0.494 e. The lowest BCUT2D eigenvalue weighted by molar-refractivity contribution is 0.383. The molecule has 1 aliphatic carbocycles. The molecule has 2 rings (SSSR count). The van der Waals surface area contributed by atoms with Crippen LogP contribution in [-0.2, 0) is 6.54 Å². The predicted octanol–water partition coefficient (Wildman–Crippen LogP) is 3.50. The van der Waals surface area contributed by atoms with Crippen LogP contribution in [0.15, 0.2) is 18.2 Å². The van der Waals surface area contributed by atoms with Crippen molar-refractivity contribution < 1.29 is 9.13 Å². The maximum Gasteiger partial charge on any atom is 0.169 e. The van der Waals surface area contributed by atoms with Gasteiger partial charge in [0.2, 0.25) is 0 Å². The molecule has 0 bridgehead atoms. The SMILES string of the molecule is COc1cccc(CNCCC2CCCC2)c1F. The highest BCUT2D eigenvalue weighted by Crippen LogP contribution is 2.27. The van der Waals surface area contributed by atoms with Crippen LogP contribution in [0.2, 0.25) is 0 Å². The molecule has 18 heavy (non-hydrogen) atoms. The minimum Gasteiger partial charge on any atom is -0.494 e. The van der Waals surface area contributed by atoms with Gasteiger partial charge in [0.25, 0.3) is 0 Å². The van der Waals surface area contributed by atoms with Crippen molar-refractivity contribution in [2.24, 2.45) is 5.92 Å². The van der Waals surface area contributed by atoms with Crippen molar-refractivity contribution in [3.8, 4) is 5.75 Å². The summed E-state index contributed by atoms with van der Waals surface area (Å²) >= 11 is 0. The summed E-state index contributed by atoms with van der Waals surface area (Å²) in [4.78, 5) is 0. The van der Waals surface area contributed by atoms with E-state index < -0.39 is 0 Å². The van der Waals surface area contributed by atoms with Crippen LogP contribution in [-0.4, -0.2) is 13.7 Å². The number of hydrogen-bond acceptors (Lipinski definition) is 2. The summed E-state index contributed by atoms with van der Waals surface area (Å²) in [5.74, 6) is 0.964. The van der Waals surface area contributed by atoms with E-state index in [-0.39, 0.29) is 5.82 Å². The Morgan fingerprint density at radius 1 is 1.33 bits per heavy atom. The Balaban J connectivity index is 1.75. The van der Waals surface area contributed by atoms with Crippen molar-refractivity contribution in [3.63, 3.8) is 0 Å². The van der Waals surface area contributed by atoms with E-state index in [0.717, 1.165) is 12.5 Å². The van der Waals surface area contributed by atoms with Gasteiger partial charge in [0, 0.05) is 12.1 Å². The second-order valence-corrected chi connectivity index (χ2v) is 5.05. The molecule has 0 amide bonds. The van der Waals surface area contributed by atoms with E-state index in [1.165, 1.54) is 39.2 Å². The monoisotopic (exact) mass is 251 g/mol. The van der Waals surface area contributed by atoms with Gasteiger partial charge in [-0.05, 0) is 24.9 Å². The number of halogens is 1. The molecule has 0 heterocycles. The topological polar surface area (TPSA) is 21.3 Å². The van der Waals surface area contributed by atoms with Crippen LogP contribution < -0.4 is 10.1 Å². The number of nitrogens with one attached hydrogen (secondary N) is 1. The van der Waals surface area contributed by atoms with Crippen molar-refractivity contribution >= 4 is 0 Å². The second kappa shape index (κ2) is 6.74. The molecule has 0 saturated heterocycles. The van der Waals surface area contributed by atoms with Crippen molar-refractivity contribution in [1.82, 2.24) is 5.32 Å². The predicted molar refractivity (Wildman–Crippen MR) is 71.2 cm³/mol. The van der Waals surface area contributed by atoms with Gasteiger partial charge in [-0.2, -0.15) is 0 Å². The summed E-state index contributed by atoms with van der Waals surface area (Å²) in [5.41, 5.74) is 0.681. The van der Waals surface area contributed by atoms with Crippen molar-refractivity contribution in [2.45, 2.75) is 38.6 Å². The molecule has 1 aromatic rings. The Kier molecular flexibility index (Phi) is 5.00. The first-order chi connectivity index (χ1) is 8.81. The van der Waals surface area contributed by atoms with E-state index in [4.69, 9.17) is 4.74 Å². The van der Waals surface area contributed by atoms with E-state index in [1.54, 1.807) is 12.1 Å². The zero-order valence-corrected chi connectivity index (χ0v) is 11.0. The number of rotatable bonds is 6. The van der Waals surface area contributed by atoms with Crippen LogP contribution in [0.5, 0.6) is 5.75 Å². The highest BCUT2D eigenvalue weighted by Gasteiger charge is 2.14. The van der Waals surface area contributed by atoms with Crippen LogP contribution in [0.4, 0.5) is 4.39 Å². The van der Waals surface area contributed by atoms with Gasteiger partial charge in [0.1, 0.15) is 0 Å². The zero-order chi connectivity index (χ0) is 12.8.